The molecule has 2 N–H and O–H groups in total. The fourth-order valence-electron chi connectivity index (χ4n) is 3.97. The van der Waals surface area contributed by atoms with Gasteiger partial charge >= 0.3 is 0 Å². The maximum Gasteiger partial charge on any atom is 0.250 e. The molecule has 3 atom stereocenters. The van der Waals surface area contributed by atoms with E-state index in [1.165, 1.54) is 0 Å². The van der Waals surface area contributed by atoms with Crippen molar-refractivity contribution >= 4 is 16.8 Å². The predicted molar refractivity (Wildman–Crippen MR) is 129 cm³/mol. The zero-order chi connectivity index (χ0) is 22.1. The molecule has 1 heterocycles. The number of aliphatic imine (C=N–C) groups is 1. The second-order valence-corrected chi connectivity index (χ2v) is 9.98. The summed E-state index contributed by atoms with van der Waals surface area (Å²) < 4.78 is 13.9. The molecular formula is C24H34N4O2S. The first-order valence-electron chi connectivity index (χ1n) is 11.2. The van der Waals surface area contributed by atoms with Crippen LogP contribution < -0.4 is 16.2 Å². The molecule has 0 amide bonds. The largest absolute Gasteiger partial charge is 0.357 e. The Morgan fingerprint density at radius 3 is 2.61 bits per heavy atom. The molecule has 0 aliphatic heterocycles. The van der Waals surface area contributed by atoms with Gasteiger partial charge in [0.15, 0.2) is 5.96 Å². The average Bonchev–Trinajstić information content (AvgIpc) is 2.80. The molecule has 1 fully saturated rings. The smallest absolute Gasteiger partial charge is 0.250 e. The molecule has 0 bridgehead atoms. The summed E-state index contributed by atoms with van der Waals surface area (Å²) in [6, 6.07) is 13.8. The summed E-state index contributed by atoms with van der Waals surface area (Å²) in [6.45, 7) is 6.01. The molecule has 6 nitrogen and oxygen atoms in total. The van der Waals surface area contributed by atoms with E-state index < -0.39 is 10.8 Å². The number of pyridine rings is 1. The van der Waals surface area contributed by atoms with Crippen LogP contribution in [0.4, 0.5) is 0 Å². The van der Waals surface area contributed by atoms with Crippen LogP contribution in [-0.4, -0.2) is 38.3 Å². The maximum atomic E-state index is 12.2. The Kier molecular flexibility index (Phi) is 8.88. The van der Waals surface area contributed by atoms with Crippen LogP contribution in [0.2, 0.25) is 0 Å². The van der Waals surface area contributed by atoms with E-state index in [0.29, 0.717) is 24.4 Å². The van der Waals surface area contributed by atoms with Gasteiger partial charge < -0.3 is 15.2 Å². The molecule has 3 unspecified atom stereocenters. The lowest BCUT2D eigenvalue weighted by Crippen LogP contribution is -2.46. The first kappa shape index (κ1) is 23.3. The summed E-state index contributed by atoms with van der Waals surface area (Å²) in [5, 5.41) is 7.18. The van der Waals surface area contributed by atoms with Gasteiger partial charge in [0.05, 0.1) is 13.1 Å². The minimum absolute atomic E-state index is 0.00487. The van der Waals surface area contributed by atoms with Crippen LogP contribution in [0.25, 0.3) is 0 Å². The maximum absolute atomic E-state index is 12.2. The van der Waals surface area contributed by atoms with E-state index in [2.05, 4.69) is 41.8 Å². The molecule has 1 saturated carbocycles. The lowest BCUT2D eigenvalue weighted by atomic mass is 9.95. The van der Waals surface area contributed by atoms with Crippen molar-refractivity contribution in [3.05, 3.63) is 70.1 Å². The van der Waals surface area contributed by atoms with E-state index in [9.17, 15) is 9.00 Å². The van der Waals surface area contributed by atoms with Crippen molar-refractivity contribution in [2.45, 2.75) is 63.9 Å². The molecule has 3 rings (SSSR count). The van der Waals surface area contributed by atoms with Gasteiger partial charge in [-0.15, -0.1) is 0 Å². The molecule has 1 aromatic heterocycles. The van der Waals surface area contributed by atoms with Crippen molar-refractivity contribution in [1.82, 2.24) is 15.2 Å². The Morgan fingerprint density at radius 1 is 1.13 bits per heavy atom. The van der Waals surface area contributed by atoms with E-state index in [1.807, 2.05) is 13.0 Å². The van der Waals surface area contributed by atoms with Gasteiger partial charge in [-0.05, 0) is 43.4 Å². The van der Waals surface area contributed by atoms with Crippen LogP contribution in [-0.2, 0) is 23.9 Å². The second-order valence-electron chi connectivity index (χ2n) is 7.98. The van der Waals surface area contributed by atoms with Crippen molar-refractivity contribution in [1.29, 1.82) is 0 Å². The zero-order valence-corrected chi connectivity index (χ0v) is 19.4. The number of benzene rings is 1. The molecule has 0 saturated heterocycles. The summed E-state index contributed by atoms with van der Waals surface area (Å²) in [5.41, 5.74) is 2.21. The van der Waals surface area contributed by atoms with Crippen LogP contribution in [0.5, 0.6) is 0 Å². The van der Waals surface area contributed by atoms with Crippen molar-refractivity contribution in [3.63, 3.8) is 0 Å². The van der Waals surface area contributed by atoms with Crippen molar-refractivity contribution < 1.29 is 4.21 Å². The number of nitrogens with zero attached hydrogens (tertiary/aromatic N) is 2. The van der Waals surface area contributed by atoms with E-state index in [1.54, 1.807) is 22.9 Å². The summed E-state index contributed by atoms with van der Waals surface area (Å²) in [7, 11) is -0.726. The standard InChI is InChI=1S/C24H34N4O2S/c1-3-25-24(27-21-8-7-9-22(16-21)31(30)4-2)26-17-19-11-13-20(14-12-19)18-28-15-6-5-10-23(28)29/h5-6,10-15,21-22H,3-4,7-9,16-18H2,1-2H3,(H2,25,26,27). The van der Waals surface area contributed by atoms with Crippen molar-refractivity contribution in [2.75, 3.05) is 12.3 Å². The van der Waals surface area contributed by atoms with Gasteiger partial charge in [-0.1, -0.05) is 43.7 Å². The third-order valence-corrected chi connectivity index (χ3v) is 7.40. The highest BCUT2D eigenvalue weighted by atomic mass is 32.2. The summed E-state index contributed by atoms with van der Waals surface area (Å²) in [5.74, 6) is 1.55. The van der Waals surface area contributed by atoms with E-state index in [0.717, 1.165) is 55.1 Å². The van der Waals surface area contributed by atoms with E-state index in [-0.39, 0.29) is 5.56 Å². The highest BCUT2D eigenvalue weighted by Crippen LogP contribution is 2.23. The Morgan fingerprint density at radius 2 is 1.90 bits per heavy atom. The summed E-state index contributed by atoms with van der Waals surface area (Å²) in [4.78, 5) is 16.6. The number of rotatable bonds is 8. The molecule has 1 aliphatic carbocycles. The van der Waals surface area contributed by atoms with E-state index in [4.69, 9.17) is 4.99 Å². The molecule has 0 spiro atoms. The van der Waals surface area contributed by atoms with Gasteiger partial charge in [0.1, 0.15) is 0 Å². The van der Waals surface area contributed by atoms with Crippen LogP contribution in [0, 0.1) is 0 Å². The predicted octanol–water partition coefficient (Wildman–Crippen LogP) is 3.03. The first-order chi connectivity index (χ1) is 15.1. The Hall–Kier alpha value is -2.41. The molecule has 31 heavy (non-hydrogen) atoms. The quantitative estimate of drug-likeness (QED) is 0.487. The molecule has 0 radical (unpaired) electrons. The number of hydrogen-bond donors (Lipinski definition) is 2. The van der Waals surface area contributed by atoms with Gasteiger partial charge in [0.25, 0.3) is 5.56 Å². The average molecular weight is 443 g/mol. The highest BCUT2D eigenvalue weighted by Gasteiger charge is 2.26. The normalized spacial score (nSPS) is 20.3. The highest BCUT2D eigenvalue weighted by molar-refractivity contribution is 7.85. The molecule has 1 aromatic carbocycles. The topological polar surface area (TPSA) is 75.5 Å². The van der Waals surface area contributed by atoms with Gasteiger partial charge in [0, 0.05) is 46.7 Å². The lowest BCUT2D eigenvalue weighted by molar-refractivity contribution is 0.413. The zero-order valence-electron chi connectivity index (χ0n) is 18.5. The Balaban J connectivity index is 1.59. The van der Waals surface area contributed by atoms with Crippen LogP contribution in [0.15, 0.2) is 58.4 Å². The fourth-order valence-corrected chi connectivity index (χ4v) is 5.32. The van der Waals surface area contributed by atoms with Crippen molar-refractivity contribution in [2.24, 2.45) is 4.99 Å². The number of guanidine groups is 1. The van der Waals surface area contributed by atoms with Crippen LogP contribution in [0.1, 0.15) is 50.7 Å². The Bertz CT molecular complexity index is 939. The number of nitrogens with one attached hydrogen (secondary N) is 2. The van der Waals surface area contributed by atoms with Gasteiger partial charge in [-0.25, -0.2) is 4.99 Å². The van der Waals surface area contributed by atoms with Gasteiger partial charge in [-0.3, -0.25) is 9.00 Å². The van der Waals surface area contributed by atoms with Gasteiger partial charge in [-0.2, -0.15) is 0 Å². The summed E-state index contributed by atoms with van der Waals surface area (Å²) >= 11 is 0. The molecule has 2 aromatic rings. The lowest BCUT2D eigenvalue weighted by Gasteiger charge is -2.30. The van der Waals surface area contributed by atoms with Crippen LogP contribution >= 0.6 is 0 Å². The minimum Gasteiger partial charge on any atom is -0.357 e. The third-order valence-electron chi connectivity index (χ3n) is 5.66. The monoisotopic (exact) mass is 442 g/mol. The summed E-state index contributed by atoms with van der Waals surface area (Å²) in [6.07, 6.45) is 6.02. The van der Waals surface area contributed by atoms with Gasteiger partial charge in [0.2, 0.25) is 0 Å². The number of aromatic nitrogens is 1. The molecule has 1 aliphatic rings. The van der Waals surface area contributed by atoms with E-state index >= 15 is 0 Å². The number of hydrogen-bond acceptors (Lipinski definition) is 3. The molecule has 7 heteroatoms. The molecule has 168 valence electrons. The second kappa shape index (κ2) is 11.8. The minimum atomic E-state index is -0.726. The van der Waals surface area contributed by atoms with Crippen molar-refractivity contribution in [3.8, 4) is 0 Å². The SMILES string of the molecule is CCNC(=NCc1ccc(Cn2ccccc2=O)cc1)NC1CCCC(S(=O)CC)C1. The third kappa shape index (κ3) is 7.06. The fraction of sp³-hybridized carbons (Fsp3) is 0.500. The van der Waals surface area contributed by atoms with Crippen LogP contribution in [0.3, 0.4) is 0 Å². The first-order valence-corrected chi connectivity index (χ1v) is 12.6. The molecular weight excluding hydrogens is 408 g/mol. The Labute approximate surface area is 187 Å².